The SMILES string of the molecule is COc1ccc(NC(=O)CN(c2ccccc2)S(=O)(=O)c2ccc(C)cc2)cc1OC. The summed E-state index contributed by atoms with van der Waals surface area (Å²) in [6.45, 7) is 1.48. The highest BCUT2D eigenvalue weighted by atomic mass is 32.2. The van der Waals surface area contributed by atoms with Crippen molar-refractivity contribution in [1.82, 2.24) is 0 Å². The summed E-state index contributed by atoms with van der Waals surface area (Å²) in [6, 6.07) is 20.0. The van der Waals surface area contributed by atoms with E-state index in [9.17, 15) is 13.2 Å². The summed E-state index contributed by atoms with van der Waals surface area (Å²) in [5, 5.41) is 2.72. The summed E-state index contributed by atoms with van der Waals surface area (Å²) in [5.74, 6) is 0.479. The van der Waals surface area contributed by atoms with Crippen molar-refractivity contribution in [3.63, 3.8) is 0 Å². The molecule has 0 aliphatic carbocycles. The van der Waals surface area contributed by atoms with Crippen molar-refractivity contribution >= 4 is 27.3 Å². The lowest BCUT2D eigenvalue weighted by atomic mass is 10.2. The predicted octanol–water partition coefficient (Wildman–Crippen LogP) is 3.85. The summed E-state index contributed by atoms with van der Waals surface area (Å²) in [4.78, 5) is 12.9. The first-order valence-corrected chi connectivity index (χ1v) is 11.0. The van der Waals surface area contributed by atoms with Gasteiger partial charge in [0.1, 0.15) is 6.54 Å². The molecule has 8 heteroatoms. The summed E-state index contributed by atoms with van der Waals surface area (Å²) in [5.41, 5.74) is 1.80. The molecule has 31 heavy (non-hydrogen) atoms. The van der Waals surface area contributed by atoms with Crippen molar-refractivity contribution in [2.75, 3.05) is 30.4 Å². The lowest BCUT2D eigenvalue weighted by molar-refractivity contribution is -0.114. The van der Waals surface area contributed by atoms with E-state index in [0.29, 0.717) is 22.9 Å². The summed E-state index contributed by atoms with van der Waals surface area (Å²) < 4.78 is 38.2. The number of rotatable bonds is 8. The van der Waals surface area contributed by atoms with Gasteiger partial charge < -0.3 is 14.8 Å². The van der Waals surface area contributed by atoms with Crippen LogP contribution < -0.4 is 19.1 Å². The fourth-order valence-electron chi connectivity index (χ4n) is 2.99. The normalized spacial score (nSPS) is 10.9. The van der Waals surface area contributed by atoms with Gasteiger partial charge in [0.2, 0.25) is 5.91 Å². The topological polar surface area (TPSA) is 84.9 Å². The van der Waals surface area contributed by atoms with Gasteiger partial charge in [0, 0.05) is 11.8 Å². The highest BCUT2D eigenvalue weighted by molar-refractivity contribution is 7.92. The second-order valence-electron chi connectivity index (χ2n) is 6.78. The Hall–Kier alpha value is -3.52. The fourth-order valence-corrected chi connectivity index (χ4v) is 4.41. The summed E-state index contributed by atoms with van der Waals surface area (Å²) in [6.07, 6.45) is 0. The first-order chi connectivity index (χ1) is 14.8. The van der Waals surface area contributed by atoms with E-state index in [4.69, 9.17) is 9.47 Å². The molecule has 0 atom stereocenters. The van der Waals surface area contributed by atoms with Crippen LogP contribution in [0.15, 0.2) is 77.7 Å². The molecule has 3 aromatic rings. The van der Waals surface area contributed by atoms with E-state index in [0.717, 1.165) is 9.87 Å². The molecule has 7 nitrogen and oxygen atoms in total. The van der Waals surface area contributed by atoms with Gasteiger partial charge in [0.15, 0.2) is 11.5 Å². The second-order valence-corrected chi connectivity index (χ2v) is 8.64. The number of nitrogens with one attached hydrogen (secondary N) is 1. The largest absolute Gasteiger partial charge is 0.493 e. The maximum atomic E-state index is 13.3. The Morgan fingerprint density at radius 1 is 0.903 bits per heavy atom. The van der Waals surface area contributed by atoms with Gasteiger partial charge in [-0.3, -0.25) is 9.10 Å². The summed E-state index contributed by atoms with van der Waals surface area (Å²) >= 11 is 0. The Morgan fingerprint density at radius 3 is 2.16 bits per heavy atom. The number of benzene rings is 3. The van der Waals surface area contributed by atoms with Crippen LogP contribution in [0.2, 0.25) is 0 Å². The lowest BCUT2D eigenvalue weighted by Gasteiger charge is -2.24. The molecule has 0 saturated carbocycles. The number of methoxy groups -OCH3 is 2. The second kappa shape index (κ2) is 9.53. The predicted molar refractivity (Wildman–Crippen MR) is 120 cm³/mol. The van der Waals surface area contributed by atoms with Gasteiger partial charge in [-0.1, -0.05) is 35.9 Å². The molecule has 1 amide bonds. The van der Waals surface area contributed by atoms with Gasteiger partial charge in [-0.2, -0.15) is 0 Å². The molecule has 0 bridgehead atoms. The molecule has 0 aromatic heterocycles. The third-order valence-corrected chi connectivity index (χ3v) is 6.40. The lowest BCUT2D eigenvalue weighted by Crippen LogP contribution is -2.38. The monoisotopic (exact) mass is 440 g/mol. The number of sulfonamides is 1. The van der Waals surface area contributed by atoms with Crippen molar-refractivity contribution in [2.45, 2.75) is 11.8 Å². The van der Waals surface area contributed by atoms with E-state index in [1.54, 1.807) is 60.7 Å². The molecule has 0 radical (unpaired) electrons. The van der Waals surface area contributed by atoms with Gasteiger partial charge >= 0.3 is 0 Å². The molecule has 0 aliphatic heterocycles. The Labute approximate surface area is 182 Å². The van der Waals surface area contributed by atoms with Crippen LogP contribution >= 0.6 is 0 Å². The first kappa shape index (κ1) is 22.2. The van der Waals surface area contributed by atoms with E-state index in [1.807, 2.05) is 6.92 Å². The number of carbonyl (C=O) groups excluding carboxylic acids is 1. The van der Waals surface area contributed by atoms with Crippen LogP contribution in [-0.2, 0) is 14.8 Å². The van der Waals surface area contributed by atoms with Crippen LogP contribution in [0.25, 0.3) is 0 Å². The number of aryl methyl sites for hydroxylation is 1. The van der Waals surface area contributed by atoms with Crippen LogP contribution in [0.3, 0.4) is 0 Å². The smallest absolute Gasteiger partial charge is 0.264 e. The minimum atomic E-state index is -3.95. The van der Waals surface area contributed by atoms with Gasteiger partial charge in [-0.15, -0.1) is 0 Å². The van der Waals surface area contributed by atoms with Gasteiger partial charge in [-0.25, -0.2) is 8.42 Å². The number of anilines is 2. The van der Waals surface area contributed by atoms with E-state index in [2.05, 4.69) is 5.32 Å². The highest BCUT2D eigenvalue weighted by Crippen LogP contribution is 2.30. The molecule has 1 N–H and O–H groups in total. The standard InChI is InChI=1S/C23H24N2O5S/c1-17-9-12-20(13-10-17)31(27,28)25(19-7-5-4-6-8-19)16-23(26)24-18-11-14-21(29-2)22(15-18)30-3/h4-15H,16H2,1-3H3,(H,24,26). The van der Waals surface area contributed by atoms with Crippen molar-refractivity contribution in [3.8, 4) is 11.5 Å². The van der Waals surface area contributed by atoms with E-state index >= 15 is 0 Å². The fraction of sp³-hybridized carbons (Fsp3) is 0.174. The summed E-state index contributed by atoms with van der Waals surface area (Å²) in [7, 11) is -0.941. The Morgan fingerprint density at radius 2 is 1.55 bits per heavy atom. The van der Waals surface area contributed by atoms with Crippen molar-refractivity contribution in [3.05, 3.63) is 78.4 Å². The van der Waals surface area contributed by atoms with Crippen LogP contribution in [0.1, 0.15) is 5.56 Å². The van der Waals surface area contributed by atoms with E-state index in [1.165, 1.54) is 26.4 Å². The molecular formula is C23H24N2O5S. The van der Waals surface area contributed by atoms with Crippen LogP contribution in [0.5, 0.6) is 11.5 Å². The molecule has 0 unspecified atom stereocenters. The Kier molecular flexibility index (Phi) is 6.81. The number of hydrogen-bond acceptors (Lipinski definition) is 5. The van der Waals surface area contributed by atoms with Crippen molar-refractivity contribution in [2.24, 2.45) is 0 Å². The van der Waals surface area contributed by atoms with Crippen LogP contribution in [0.4, 0.5) is 11.4 Å². The Bertz CT molecular complexity index is 1150. The average Bonchev–Trinajstić information content (AvgIpc) is 2.78. The molecule has 0 spiro atoms. The van der Waals surface area contributed by atoms with E-state index < -0.39 is 22.5 Å². The zero-order chi connectivity index (χ0) is 22.4. The molecule has 3 rings (SSSR count). The Balaban J connectivity index is 1.89. The van der Waals surface area contributed by atoms with E-state index in [-0.39, 0.29) is 4.90 Å². The molecule has 0 fully saturated rings. The number of ether oxygens (including phenoxy) is 2. The molecular weight excluding hydrogens is 416 g/mol. The third kappa shape index (κ3) is 5.16. The number of carbonyl (C=O) groups is 1. The van der Waals surface area contributed by atoms with Gasteiger partial charge in [0.25, 0.3) is 10.0 Å². The highest BCUT2D eigenvalue weighted by Gasteiger charge is 2.27. The van der Waals surface area contributed by atoms with Gasteiger partial charge in [-0.05, 0) is 43.3 Å². The number of amides is 1. The number of para-hydroxylation sites is 1. The maximum absolute atomic E-state index is 13.3. The van der Waals surface area contributed by atoms with Crippen molar-refractivity contribution in [1.29, 1.82) is 0 Å². The van der Waals surface area contributed by atoms with Gasteiger partial charge in [0.05, 0.1) is 24.8 Å². The van der Waals surface area contributed by atoms with Crippen LogP contribution in [0, 0.1) is 6.92 Å². The quantitative estimate of drug-likeness (QED) is 0.575. The van der Waals surface area contributed by atoms with Crippen LogP contribution in [-0.4, -0.2) is 35.1 Å². The number of hydrogen-bond donors (Lipinski definition) is 1. The molecule has 3 aromatic carbocycles. The first-order valence-electron chi connectivity index (χ1n) is 9.51. The minimum absolute atomic E-state index is 0.112. The zero-order valence-electron chi connectivity index (χ0n) is 17.5. The minimum Gasteiger partial charge on any atom is -0.493 e. The average molecular weight is 441 g/mol. The maximum Gasteiger partial charge on any atom is 0.264 e. The molecule has 162 valence electrons. The number of nitrogens with zero attached hydrogens (tertiary/aromatic N) is 1. The molecule has 0 heterocycles. The third-order valence-electron chi connectivity index (χ3n) is 4.61. The van der Waals surface area contributed by atoms with Crippen molar-refractivity contribution < 1.29 is 22.7 Å². The molecule has 0 aliphatic rings. The zero-order valence-corrected chi connectivity index (χ0v) is 18.3. The molecule has 0 saturated heterocycles.